The predicted molar refractivity (Wildman–Crippen MR) is 104 cm³/mol. The van der Waals surface area contributed by atoms with Gasteiger partial charge in [0.05, 0.1) is 18.1 Å². The molecule has 8 heteroatoms. The molecule has 5 rings (SSSR count). The summed E-state index contributed by atoms with van der Waals surface area (Å²) in [5.41, 5.74) is 0.308. The van der Waals surface area contributed by atoms with Crippen molar-refractivity contribution < 1.29 is 18.8 Å². The third kappa shape index (κ3) is 3.57. The molecule has 1 aromatic heterocycles. The van der Waals surface area contributed by atoms with Gasteiger partial charge in [0.1, 0.15) is 5.76 Å². The summed E-state index contributed by atoms with van der Waals surface area (Å²) < 4.78 is 11.0. The quantitative estimate of drug-likeness (QED) is 0.813. The zero-order valence-electron chi connectivity index (χ0n) is 17.2. The lowest BCUT2D eigenvalue weighted by atomic mass is 9.82. The Kier molecular flexibility index (Phi) is 4.86. The number of carbonyl (C=O) groups is 2. The summed E-state index contributed by atoms with van der Waals surface area (Å²) in [5, 5.41) is 6.85. The summed E-state index contributed by atoms with van der Waals surface area (Å²) in [7, 11) is 2.03. The van der Waals surface area contributed by atoms with E-state index in [2.05, 4.69) is 20.3 Å². The number of likely N-dealkylation sites (N-methyl/N-ethyl adjacent to an activating group) is 1. The molecule has 4 aliphatic rings. The van der Waals surface area contributed by atoms with Crippen LogP contribution in [0.15, 0.2) is 10.6 Å². The number of rotatable bonds is 3. The van der Waals surface area contributed by atoms with Gasteiger partial charge < -0.3 is 24.4 Å². The number of fused-ring (bicyclic) bond motifs is 5. The predicted octanol–water partition coefficient (Wildman–Crippen LogP) is 1.06. The summed E-state index contributed by atoms with van der Waals surface area (Å²) in [6.45, 7) is 4.95. The first-order valence-electron chi connectivity index (χ1n) is 10.8. The number of carbonyl (C=O) groups excluding carboxylic acids is 2. The average Bonchev–Trinajstić information content (AvgIpc) is 3.44. The van der Waals surface area contributed by atoms with E-state index in [9.17, 15) is 9.59 Å². The van der Waals surface area contributed by atoms with E-state index in [1.165, 1.54) is 0 Å². The summed E-state index contributed by atoms with van der Waals surface area (Å²) in [4.78, 5) is 29.9. The second-order valence-corrected chi connectivity index (χ2v) is 9.35. The van der Waals surface area contributed by atoms with Gasteiger partial charge in [-0.1, -0.05) is 5.16 Å². The summed E-state index contributed by atoms with van der Waals surface area (Å²) in [5.74, 6) is 1.76. The fourth-order valence-electron chi connectivity index (χ4n) is 5.86. The minimum Gasteiger partial charge on any atom is -0.374 e. The smallest absolute Gasteiger partial charge is 0.273 e. The highest BCUT2D eigenvalue weighted by Gasteiger charge is 2.54. The van der Waals surface area contributed by atoms with Crippen LogP contribution in [0, 0.1) is 24.7 Å². The number of amides is 2. The molecule has 4 aliphatic heterocycles. The van der Waals surface area contributed by atoms with Crippen molar-refractivity contribution in [2.45, 2.75) is 50.9 Å². The monoisotopic (exact) mass is 402 g/mol. The molecule has 4 saturated heterocycles. The Labute approximate surface area is 170 Å². The second-order valence-electron chi connectivity index (χ2n) is 9.35. The van der Waals surface area contributed by atoms with E-state index in [0.717, 1.165) is 51.9 Å². The number of nitrogens with one attached hydrogen (secondary N) is 1. The van der Waals surface area contributed by atoms with Crippen LogP contribution in [0.2, 0.25) is 0 Å². The lowest BCUT2D eigenvalue weighted by Crippen LogP contribution is -2.42. The van der Waals surface area contributed by atoms with Gasteiger partial charge in [-0.3, -0.25) is 9.59 Å². The van der Waals surface area contributed by atoms with Gasteiger partial charge in [-0.15, -0.1) is 0 Å². The van der Waals surface area contributed by atoms with Crippen LogP contribution in [0.4, 0.5) is 0 Å². The van der Waals surface area contributed by atoms with E-state index in [-0.39, 0.29) is 23.8 Å². The maximum Gasteiger partial charge on any atom is 0.273 e. The van der Waals surface area contributed by atoms with Gasteiger partial charge in [-0.2, -0.15) is 0 Å². The molecule has 158 valence electrons. The zero-order chi connectivity index (χ0) is 20.1. The first-order valence-corrected chi connectivity index (χ1v) is 10.8. The van der Waals surface area contributed by atoms with E-state index < -0.39 is 0 Å². The minimum absolute atomic E-state index is 0.00418. The highest BCUT2D eigenvalue weighted by Crippen LogP contribution is 2.47. The third-order valence-corrected chi connectivity index (χ3v) is 7.24. The van der Waals surface area contributed by atoms with E-state index in [1.807, 2.05) is 7.05 Å². The van der Waals surface area contributed by atoms with E-state index in [1.54, 1.807) is 13.0 Å². The Balaban J connectivity index is 1.18. The Hall–Kier alpha value is -1.93. The van der Waals surface area contributed by atoms with Crippen LogP contribution in [0.3, 0.4) is 0 Å². The van der Waals surface area contributed by atoms with Gasteiger partial charge in [0.2, 0.25) is 5.91 Å². The highest BCUT2D eigenvalue weighted by atomic mass is 16.5. The van der Waals surface area contributed by atoms with Gasteiger partial charge in [-0.05, 0) is 39.7 Å². The number of hydrogen-bond donors (Lipinski definition) is 1. The van der Waals surface area contributed by atoms with E-state index in [0.29, 0.717) is 35.5 Å². The summed E-state index contributed by atoms with van der Waals surface area (Å²) in [6.07, 6.45) is 4.65. The molecule has 8 nitrogen and oxygen atoms in total. The summed E-state index contributed by atoms with van der Waals surface area (Å²) >= 11 is 0. The van der Waals surface area contributed by atoms with Crippen molar-refractivity contribution in [2.75, 3.05) is 33.2 Å². The minimum atomic E-state index is -0.215. The average molecular weight is 402 g/mol. The number of aromatic nitrogens is 1. The zero-order valence-corrected chi connectivity index (χ0v) is 17.2. The lowest BCUT2D eigenvalue weighted by molar-refractivity contribution is -0.135. The third-order valence-electron chi connectivity index (χ3n) is 7.24. The molecule has 29 heavy (non-hydrogen) atoms. The molecule has 0 unspecified atom stereocenters. The van der Waals surface area contributed by atoms with Crippen LogP contribution in [-0.2, 0) is 9.53 Å². The largest absolute Gasteiger partial charge is 0.374 e. The van der Waals surface area contributed by atoms with Crippen LogP contribution in [0.25, 0.3) is 0 Å². The number of aryl methyl sites for hydroxylation is 1. The van der Waals surface area contributed by atoms with Crippen LogP contribution in [0.1, 0.15) is 41.9 Å². The molecule has 0 aromatic carbocycles. The number of likely N-dealkylation sites (tertiary alicyclic amines) is 2. The summed E-state index contributed by atoms with van der Waals surface area (Å²) in [6, 6.07) is 1.65. The molecular weight excluding hydrogens is 372 g/mol. The second kappa shape index (κ2) is 7.40. The lowest BCUT2D eigenvalue weighted by Gasteiger charge is -2.26. The Morgan fingerprint density at radius 1 is 1.07 bits per heavy atom. The van der Waals surface area contributed by atoms with Gasteiger partial charge >= 0.3 is 0 Å². The van der Waals surface area contributed by atoms with Crippen molar-refractivity contribution in [3.63, 3.8) is 0 Å². The van der Waals surface area contributed by atoms with Crippen LogP contribution >= 0.6 is 0 Å². The Bertz CT molecular complexity index is 777. The van der Waals surface area contributed by atoms with Gasteiger partial charge in [0.25, 0.3) is 5.91 Å². The fraction of sp³-hybridized carbons (Fsp3) is 0.762. The van der Waals surface area contributed by atoms with E-state index in [4.69, 9.17) is 9.26 Å². The molecule has 2 amide bonds. The molecule has 1 aromatic rings. The Morgan fingerprint density at radius 3 is 2.45 bits per heavy atom. The molecular formula is C21H30N4O4. The molecule has 6 atom stereocenters. The van der Waals surface area contributed by atoms with Crippen molar-refractivity contribution in [3.8, 4) is 0 Å². The van der Waals surface area contributed by atoms with Crippen molar-refractivity contribution >= 4 is 11.8 Å². The maximum atomic E-state index is 13.3. The van der Waals surface area contributed by atoms with Crippen molar-refractivity contribution in [3.05, 3.63) is 17.5 Å². The molecule has 5 heterocycles. The molecule has 0 spiro atoms. The maximum absolute atomic E-state index is 13.3. The molecule has 0 saturated carbocycles. The molecule has 0 radical (unpaired) electrons. The van der Waals surface area contributed by atoms with Gasteiger partial charge in [0, 0.05) is 50.1 Å². The number of hydrogen-bond acceptors (Lipinski definition) is 6. The number of nitrogens with zero attached hydrogens (tertiary/aromatic N) is 3. The highest BCUT2D eigenvalue weighted by molar-refractivity contribution is 5.92. The normalized spacial score (nSPS) is 36.8. The van der Waals surface area contributed by atoms with Crippen molar-refractivity contribution in [1.29, 1.82) is 0 Å². The first kappa shape index (κ1) is 19.1. The number of ether oxygens (including phenoxy) is 1. The fourth-order valence-corrected chi connectivity index (χ4v) is 5.86. The SMILES string of the molecule is Cc1cc(C(=O)N[C@H]2CC[C@@H](C(=O)N3C[C@@H]4[C@H](C3)[C@H]3CC[C@@H]4O3)CN(C)C2)no1. The molecule has 0 aliphatic carbocycles. The van der Waals surface area contributed by atoms with Crippen LogP contribution in [0.5, 0.6) is 0 Å². The molecule has 1 N–H and O–H groups in total. The standard InChI is InChI=1S/C21H30N4O4/c1-12-7-17(23-29-12)20(26)22-14-4-3-13(8-24(2)9-14)21(27)25-10-15-16(11-25)19-6-5-18(15)28-19/h7,13-16,18-19H,3-6,8-11H2,1-2H3,(H,22,26)/t13-,14+,15-,16+,18+,19-/m1/s1. The molecule has 4 fully saturated rings. The topological polar surface area (TPSA) is 87.9 Å². The van der Waals surface area contributed by atoms with Crippen LogP contribution < -0.4 is 5.32 Å². The van der Waals surface area contributed by atoms with Gasteiger partial charge in [-0.25, -0.2) is 0 Å². The van der Waals surface area contributed by atoms with Crippen molar-refractivity contribution in [1.82, 2.24) is 20.3 Å². The van der Waals surface area contributed by atoms with Crippen molar-refractivity contribution in [2.24, 2.45) is 17.8 Å². The Morgan fingerprint density at radius 2 is 1.79 bits per heavy atom. The van der Waals surface area contributed by atoms with Gasteiger partial charge in [0.15, 0.2) is 5.69 Å². The van der Waals surface area contributed by atoms with E-state index >= 15 is 0 Å². The molecule has 2 bridgehead atoms. The van der Waals surface area contributed by atoms with Crippen LogP contribution in [-0.4, -0.2) is 78.2 Å². The first-order chi connectivity index (χ1) is 14.0.